The Bertz CT molecular complexity index is 1100. The van der Waals surface area contributed by atoms with Crippen LogP contribution in [-0.4, -0.2) is 58.1 Å². The molecule has 2 aromatic rings. The molecule has 0 unspecified atom stereocenters. The highest BCUT2D eigenvalue weighted by Crippen LogP contribution is 2.24. The minimum absolute atomic E-state index is 0.0703. The van der Waals surface area contributed by atoms with Gasteiger partial charge < -0.3 is 15.0 Å². The van der Waals surface area contributed by atoms with Gasteiger partial charge >= 0.3 is 0 Å². The second-order valence-corrected chi connectivity index (χ2v) is 10.3. The van der Waals surface area contributed by atoms with E-state index < -0.39 is 10.0 Å². The maximum Gasteiger partial charge on any atom is 0.255 e. The van der Waals surface area contributed by atoms with Gasteiger partial charge in [0, 0.05) is 32.1 Å². The second-order valence-electron chi connectivity index (χ2n) is 8.44. The molecule has 1 aliphatic rings. The Morgan fingerprint density at radius 3 is 2.41 bits per heavy atom. The minimum Gasteiger partial charge on any atom is -0.497 e. The van der Waals surface area contributed by atoms with E-state index in [-0.39, 0.29) is 24.8 Å². The van der Waals surface area contributed by atoms with Gasteiger partial charge in [0.1, 0.15) is 5.75 Å². The third-order valence-electron chi connectivity index (χ3n) is 5.83. The molecule has 3 rings (SSSR count). The van der Waals surface area contributed by atoms with E-state index in [4.69, 9.17) is 4.74 Å². The van der Waals surface area contributed by atoms with Crippen molar-refractivity contribution in [3.63, 3.8) is 0 Å². The molecule has 1 fully saturated rings. The molecule has 1 saturated heterocycles. The Morgan fingerprint density at radius 2 is 1.74 bits per heavy atom. The van der Waals surface area contributed by atoms with Gasteiger partial charge in [0.2, 0.25) is 15.9 Å². The van der Waals surface area contributed by atoms with Gasteiger partial charge in [-0.1, -0.05) is 31.0 Å². The summed E-state index contributed by atoms with van der Waals surface area (Å²) >= 11 is 0. The summed E-state index contributed by atoms with van der Waals surface area (Å²) in [7, 11) is -2.02. The summed E-state index contributed by atoms with van der Waals surface area (Å²) in [5.74, 6) is 0.212. The SMILES string of the molecule is COc1cccc(N(CCCC(=O)Nc2ccccc2C(=O)N2CCCCCC2)S(C)(=O)=O)c1. The lowest BCUT2D eigenvalue weighted by molar-refractivity contribution is -0.116. The van der Waals surface area contributed by atoms with Crippen molar-refractivity contribution in [1.29, 1.82) is 0 Å². The van der Waals surface area contributed by atoms with Crippen LogP contribution in [0.1, 0.15) is 48.9 Å². The van der Waals surface area contributed by atoms with Crippen LogP contribution in [0.15, 0.2) is 48.5 Å². The third-order valence-corrected chi connectivity index (χ3v) is 7.03. The average Bonchev–Trinajstić information content (AvgIpc) is 3.11. The number of anilines is 2. The number of rotatable bonds is 9. The van der Waals surface area contributed by atoms with Crippen molar-refractivity contribution in [2.75, 3.05) is 42.6 Å². The topological polar surface area (TPSA) is 96.0 Å². The number of hydrogen-bond donors (Lipinski definition) is 1. The highest BCUT2D eigenvalue weighted by Gasteiger charge is 2.21. The summed E-state index contributed by atoms with van der Waals surface area (Å²) in [6.07, 6.45) is 5.80. The number of benzene rings is 2. The van der Waals surface area contributed by atoms with Crippen LogP contribution in [0.5, 0.6) is 5.75 Å². The molecular weight excluding hydrogens is 454 g/mol. The van der Waals surface area contributed by atoms with E-state index in [1.54, 1.807) is 48.5 Å². The molecule has 0 atom stereocenters. The zero-order valence-corrected chi connectivity index (χ0v) is 20.6. The van der Waals surface area contributed by atoms with Gasteiger partial charge in [-0.15, -0.1) is 0 Å². The zero-order valence-electron chi connectivity index (χ0n) is 19.8. The number of nitrogens with one attached hydrogen (secondary N) is 1. The molecule has 9 heteroatoms. The smallest absolute Gasteiger partial charge is 0.255 e. The number of carbonyl (C=O) groups is 2. The monoisotopic (exact) mass is 487 g/mol. The molecule has 0 spiro atoms. The van der Waals surface area contributed by atoms with E-state index >= 15 is 0 Å². The first kappa shape index (κ1) is 25.6. The summed E-state index contributed by atoms with van der Waals surface area (Å²) in [6, 6.07) is 13.8. The van der Waals surface area contributed by atoms with Gasteiger partial charge in [-0.25, -0.2) is 8.42 Å². The summed E-state index contributed by atoms with van der Waals surface area (Å²) in [4.78, 5) is 27.6. The van der Waals surface area contributed by atoms with Crippen molar-refractivity contribution in [1.82, 2.24) is 4.90 Å². The summed E-state index contributed by atoms with van der Waals surface area (Å²) < 4.78 is 31.1. The van der Waals surface area contributed by atoms with Crippen LogP contribution < -0.4 is 14.4 Å². The van der Waals surface area contributed by atoms with Crippen LogP contribution in [0, 0.1) is 0 Å². The largest absolute Gasteiger partial charge is 0.497 e. The van der Waals surface area contributed by atoms with Crippen LogP contribution >= 0.6 is 0 Å². The van der Waals surface area contributed by atoms with Crippen LogP contribution in [-0.2, 0) is 14.8 Å². The fourth-order valence-electron chi connectivity index (χ4n) is 4.07. The quantitative estimate of drug-likeness (QED) is 0.579. The van der Waals surface area contributed by atoms with Gasteiger partial charge in [-0.2, -0.15) is 0 Å². The van der Waals surface area contributed by atoms with Crippen molar-refractivity contribution < 1.29 is 22.7 Å². The maximum atomic E-state index is 13.1. The Labute approximate surface area is 201 Å². The number of nitrogens with zero attached hydrogens (tertiary/aromatic N) is 2. The Kier molecular flexibility index (Phi) is 8.92. The van der Waals surface area contributed by atoms with E-state index in [0.717, 1.165) is 45.0 Å². The van der Waals surface area contributed by atoms with E-state index in [0.29, 0.717) is 29.1 Å². The molecule has 0 saturated carbocycles. The van der Waals surface area contributed by atoms with Gasteiger partial charge in [0.15, 0.2) is 0 Å². The lowest BCUT2D eigenvalue weighted by Crippen LogP contribution is -2.33. The molecule has 34 heavy (non-hydrogen) atoms. The lowest BCUT2D eigenvalue weighted by Gasteiger charge is -2.23. The molecule has 8 nitrogen and oxygen atoms in total. The van der Waals surface area contributed by atoms with E-state index in [1.165, 1.54) is 11.4 Å². The van der Waals surface area contributed by atoms with Crippen molar-refractivity contribution >= 4 is 33.2 Å². The molecule has 1 N–H and O–H groups in total. The molecule has 0 radical (unpaired) electrons. The number of amides is 2. The Hall–Kier alpha value is -3.07. The van der Waals surface area contributed by atoms with Crippen molar-refractivity contribution in [3.8, 4) is 5.75 Å². The molecule has 184 valence electrons. The first-order valence-electron chi connectivity index (χ1n) is 11.6. The molecule has 2 aromatic carbocycles. The Morgan fingerprint density at radius 1 is 1.03 bits per heavy atom. The first-order valence-corrected chi connectivity index (χ1v) is 13.4. The normalized spacial score (nSPS) is 14.2. The van der Waals surface area contributed by atoms with Crippen molar-refractivity contribution in [2.24, 2.45) is 0 Å². The number of ether oxygens (including phenoxy) is 1. The van der Waals surface area contributed by atoms with Crippen LogP contribution in [0.3, 0.4) is 0 Å². The fourth-order valence-corrected chi connectivity index (χ4v) is 5.03. The van der Waals surface area contributed by atoms with Crippen molar-refractivity contribution in [2.45, 2.75) is 38.5 Å². The van der Waals surface area contributed by atoms with E-state index in [9.17, 15) is 18.0 Å². The predicted molar refractivity (Wildman–Crippen MR) is 134 cm³/mol. The molecule has 1 heterocycles. The Balaban J connectivity index is 1.63. The van der Waals surface area contributed by atoms with E-state index in [1.807, 2.05) is 4.90 Å². The number of hydrogen-bond acceptors (Lipinski definition) is 5. The van der Waals surface area contributed by atoms with Crippen molar-refractivity contribution in [3.05, 3.63) is 54.1 Å². The highest BCUT2D eigenvalue weighted by atomic mass is 32.2. The lowest BCUT2D eigenvalue weighted by atomic mass is 10.1. The molecule has 0 aromatic heterocycles. The van der Waals surface area contributed by atoms with Gasteiger partial charge in [0.25, 0.3) is 5.91 Å². The summed E-state index contributed by atoms with van der Waals surface area (Å²) in [5.41, 5.74) is 1.44. The van der Waals surface area contributed by atoms with Gasteiger partial charge in [-0.05, 0) is 43.5 Å². The first-order chi connectivity index (χ1) is 16.3. The van der Waals surface area contributed by atoms with Gasteiger partial charge in [0.05, 0.1) is 30.3 Å². The zero-order chi connectivity index (χ0) is 24.6. The highest BCUT2D eigenvalue weighted by molar-refractivity contribution is 7.92. The average molecular weight is 488 g/mol. The number of methoxy groups -OCH3 is 1. The van der Waals surface area contributed by atoms with E-state index in [2.05, 4.69) is 5.32 Å². The molecular formula is C25H33N3O5S. The second kappa shape index (κ2) is 11.9. The van der Waals surface area contributed by atoms with Crippen LogP contribution in [0.4, 0.5) is 11.4 Å². The third kappa shape index (κ3) is 6.96. The molecule has 2 amide bonds. The maximum absolute atomic E-state index is 13.1. The van der Waals surface area contributed by atoms with Gasteiger partial charge in [-0.3, -0.25) is 13.9 Å². The molecule has 0 bridgehead atoms. The molecule has 1 aliphatic heterocycles. The molecule has 0 aliphatic carbocycles. The number of sulfonamides is 1. The predicted octanol–water partition coefficient (Wildman–Crippen LogP) is 3.90. The number of carbonyl (C=O) groups excluding carboxylic acids is 2. The number of likely N-dealkylation sites (tertiary alicyclic amines) is 1. The fraction of sp³-hybridized carbons (Fsp3) is 0.440. The van der Waals surface area contributed by atoms with Crippen LogP contribution in [0.25, 0.3) is 0 Å². The number of para-hydroxylation sites is 1. The van der Waals surface area contributed by atoms with Crippen LogP contribution in [0.2, 0.25) is 0 Å². The standard InChI is InChI=1S/C25H33N3O5S/c1-33-21-12-9-11-20(19-21)28(34(2,31)32)18-10-15-24(29)26-23-14-6-5-13-22(23)25(30)27-16-7-3-4-8-17-27/h5-6,9,11-14,19H,3-4,7-8,10,15-18H2,1-2H3,(H,26,29). The summed E-state index contributed by atoms with van der Waals surface area (Å²) in [5, 5.41) is 2.84. The minimum atomic E-state index is -3.54. The summed E-state index contributed by atoms with van der Waals surface area (Å²) in [6.45, 7) is 1.60.